The largest absolute Gasteiger partial charge is 0.462 e. The third-order valence-electron chi connectivity index (χ3n) is 11.0. The molecule has 0 fully saturated rings. The zero-order valence-corrected chi connectivity index (χ0v) is 31.4. The average molecular weight is 669 g/mol. The number of fused-ring (bicyclic) bond motifs is 2. The van der Waals surface area contributed by atoms with Crippen LogP contribution in [0.2, 0.25) is 13.1 Å². The van der Waals surface area contributed by atoms with Gasteiger partial charge in [-0.3, -0.25) is 0 Å². The summed E-state index contributed by atoms with van der Waals surface area (Å²) in [6, 6.07) is 32.9. The highest BCUT2D eigenvalue weighted by Gasteiger charge is 2.39. The number of hydrogen-bond donors (Lipinski definition) is 0. The van der Waals surface area contributed by atoms with E-state index in [0.29, 0.717) is 0 Å². The van der Waals surface area contributed by atoms with Gasteiger partial charge in [-0.05, 0) is 148 Å². The molecule has 0 amide bonds. The molecule has 2 aromatic heterocycles. The van der Waals surface area contributed by atoms with Gasteiger partial charge < -0.3 is 8.83 Å². The summed E-state index contributed by atoms with van der Waals surface area (Å²) in [5.41, 5.74) is 18.1. The first-order chi connectivity index (χ1) is 24.2. The minimum Gasteiger partial charge on any atom is -0.462 e. The first kappa shape index (κ1) is 32.2. The van der Waals surface area contributed by atoms with Crippen LogP contribution in [0.15, 0.2) is 99.8 Å². The molecular weight excluding hydrogens is 625 g/mol. The molecule has 0 radical (unpaired) electrons. The molecule has 4 aromatic carbocycles. The van der Waals surface area contributed by atoms with Gasteiger partial charge in [0.05, 0.1) is 0 Å². The van der Waals surface area contributed by atoms with E-state index in [-0.39, 0.29) is 5.92 Å². The zero-order valence-electron chi connectivity index (χ0n) is 30.4. The normalized spacial score (nSPS) is 14.9. The highest BCUT2D eigenvalue weighted by molar-refractivity contribution is 6.47. The Morgan fingerprint density at radius 2 is 1.30 bits per heavy atom. The van der Waals surface area contributed by atoms with Crippen molar-refractivity contribution in [2.75, 3.05) is 0 Å². The van der Waals surface area contributed by atoms with Gasteiger partial charge in [0.2, 0.25) is 0 Å². The molecule has 3 heteroatoms. The standard InChI is InChI=1S/C47H44O2Si/c1-9-34-21-23-41(49-34)38-26-39-46(43(33-18-14-11-15-19-33)30(5)31(6)47(39)50(7)8)45(38)44-35-24-27(2)29(4)42(32-16-12-10-13-17-32)36(35)25-37(44)40-22-20-28(3)48-40/h10-26,44H,9H2,1-8H3. The molecule has 0 aliphatic heterocycles. The predicted molar refractivity (Wildman–Crippen MR) is 212 cm³/mol. The molecule has 0 saturated heterocycles. The van der Waals surface area contributed by atoms with E-state index in [1.807, 2.05) is 6.92 Å². The lowest BCUT2D eigenvalue weighted by molar-refractivity contribution is 0.506. The van der Waals surface area contributed by atoms with E-state index in [9.17, 15) is 0 Å². The van der Waals surface area contributed by atoms with Crippen molar-refractivity contribution < 1.29 is 8.83 Å². The Balaban J connectivity index is 1.55. The van der Waals surface area contributed by atoms with Crippen LogP contribution in [0, 0.1) is 39.4 Å². The lowest BCUT2D eigenvalue weighted by Crippen LogP contribution is -2.18. The molecule has 0 N–H and O–H groups in total. The molecule has 8 rings (SSSR count). The maximum atomic E-state index is 6.69. The Labute approximate surface area is 297 Å². The van der Waals surface area contributed by atoms with E-state index in [0.717, 1.165) is 29.5 Å². The number of benzene rings is 4. The van der Waals surface area contributed by atoms with Crippen LogP contribution in [0.5, 0.6) is 0 Å². The van der Waals surface area contributed by atoms with Gasteiger partial charge in [-0.2, -0.15) is 0 Å². The zero-order chi connectivity index (χ0) is 34.8. The van der Waals surface area contributed by atoms with E-state index in [2.05, 4.69) is 151 Å². The van der Waals surface area contributed by atoms with Crippen LogP contribution in [-0.4, -0.2) is 8.41 Å². The fourth-order valence-corrected chi connectivity index (χ4v) is 10.2. The summed E-state index contributed by atoms with van der Waals surface area (Å²) < 4.78 is 13.2. The van der Waals surface area contributed by atoms with Crippen LogP contribution in [0.25, 0.3) is 51.1 Å². The van der Waals surface area contributed by atoms with Gasteiger partial charge in [0.1, 0.15) is 23.0 Å². The van der Waals surface area contributed by atoms with Crippen molar-refractivity contribution in [2.45, 2.75) is 67.0 Å². The van der Waals surface area contributed by atoms with Crippen molar-refractivity contribution in [3.05, 3.63) is 163 Å². The van der Waals surface area contributed by atoms with E-state index in [1.165, 1.54) is 88.0 Å². The molecule has 6 aromatic rings. The third-order valence-corrected chi connectivity index (χ3v) is 12.6. The molecule has 0 saturated carbocycles. The lowest BCUT2D eigenvalue weighted by Gasteiger charge is -2.26. The molecule has 0 spiro atoms. The number of aryl methyl sites for hydroxylation is 3. The third kappa shape index (κ3) is 5.02. The second-order valence-corrected chi connectivity index (χ2v) is 16.8. The summed E-state index contributed by atoms with van der Waals surface area (Å²) in [6.45, 7) is 18.3. The van der Waals surface area contributed by atoms with Gasteiger partial charge in [0, 0.05) is 31.9 Å². The van der Waals surface area contributed by atoms with Crippen molar-refractivity contribution in [2.24, 2.45) is 0 Å². The fourth-order valence-electron chi connectivity index (χ4n) is 8.49. The molecule has 50 heavy (non-hydrogen) atoms. The van der Waals surface area contributed by atoms with Crippen LogP contribution >= 0.6 is 0 Å². The van der Waals surface area contributed by atoms with E-state index >= 15 is 0 Å². The predicted octanol–water partition coefficient (Wildman–Crippen LogP) is 11.9. The van der Waals surface area contributed by atoms with E-state index in [4.69, 9.17) is 8.83 Å². The van der Waals surface area contributed by atoms with Crippen LogP contribution < -0.4 is 5.22 Å². The SMILES string of the molecule is CCc1ccc(C2=C(C3C(c4ccc(C)o4)=Cc4c3cc(C)c(C)c4-c3ccccc3)c3c(-c4ccccc4)c(C)c(C)c(=[Si](C)C)c3=C2)o1. The van der Waals surface area contributed by atoms with Gasteiger partial charge in [-0.25, -0.2) is 0 Å². The molecule has 0 bridgehead atoms. The van der Waals surface area contributed by atoms with Crippen molar-refractivity contribution >= 4 is 37.3 Å². The molecular formula is C47H44O2Si. The minimum absolute atomic E-state index is 0.0678. The highest BCUT2D eigenvalue weighted by Crippen LogP contribution is 2.56. The molecule has 1 unspecified atom stereocenters. The smallest absolute Gasteiger partial charge is 0.134 e. The Bertz CT molecular complexity index is 2520. The number of rotatable bonds is 6. The number of hydrogen-bond acceptors (Lipinski definition) is 2. The maximum Gasteiger partial charge on any atom is 0.134 e. The first-order valence-corrected chi connectivity index (χ1v) is 20.4. The summed E-state index contributed by atoms with van der Waals surface area (Å²) in [5, 5.41) is 1.36. The topological polar surface area (TPSA) is 26.3 Å². The number of furan rings is 2. The van der Waals surface area contributed by atoms with Gasteiger partial charge in [0.25, 0.3) is 0 Å². The van der Waals surface area contributed by atoms with Gasteiger partial charge >= 0.3 is 0 Å². The molecule has 2 heterocycles. The summed E-state index contributed by atoms with van der Waals surface area (Å²) in [7, 11) is -0.834. The van der Waals surface area contributed by atoms with Gasteiger partial charge in [-0.15, -0.1) is 0 Å². The van der Waals surface area contributed by atoms with Gasteiger partial charge in [0.15, 0.2) is 0 Å². The van der Waals surface area contributed by atoms with Crippen molar-refractivity contribution in [1.82, 2.24) is 0 Å². The van der Waals surface area contributed by atoms with E-state index < -0.39 is 8.41 Å². The monoisotopic (exact) mass is 668 g/mol. The van der Waals surface area contributed by atoms with Gasteiger partial charge in [-0.1, -0.05) is 86.7 Å². The Kier molecular flexibility index (Phi) is 7.99. The summed E-state index contributed by atoms with van der Waals surface area (Å²) in [4.78, 5) is 1.51. The molecule has 2 aliphatic carbocycles. The lowest BCUT2D eigenvalue weighted by atomic mass is 9.77. The molecule has 248 valence electrons. The summed E-state index contributed by atoms with van der Waals surface area (Å²) in [5.74, 6) is 3.71. The number of allylic oxidation sites excluding steroid dienone is 3. The van der Waals surface area contributed by atoms with Crippen molar-refractivity contribution in [1.29, 1.82) is 0 Å². The first-order valence-electron chi connectivity index (χ1n) is 17.9. The highest BCUT2D eigenvalue weighted by atomic mass is 28.2. The minimum atomic E-state index is -0.834. The average Bonchev–Trinajstić information content (AvgIpc) is 3.92. The van der Waals surface area contributed by atoms with Crippen LogP contribution in [0.4, 0.5) is 0 Å². The molecule has 2 nitrogen and oxygen atoms in total. The van der Waals surface area contributed by atoms with Crippen LogP contribution in [-0.2, 0) is 6.42 Å². The van der Waals surface area contributed by atoms with Crippen LogP contribution in [0.1, 0.15) is 74.8 Å². The summed E-state index contributed by atoms with van der Waals surface area (Å²) >= 11 is 0. The van der Waals surface area contributed by atoms with E-state index in [1.54, 1.807) is 0 Å². The second-order valence-electron chi connectivity index (χ2n) is 14.3. The summed E-state index contributed by atoms with van der Waals surface area (Å²) in [6.07, 6.45) is 5.75. The Morgan fingerprint density at radius 3 is 1.90 bits per heavy atom. The molecule has 2 aliphatic rings. The quantitative estimate of drug-likeness (QED) is 0.165. The second kappa shape index (κ2) is 12.4. The Hall–Kier alpha value is -4.99. The van der Waals surface area contributed by atoms with Crippen molar-refractivity contribution in [3.63, 3.8) is 0 Å². The Morgan fingerprint density at radius 1 is 0.640 bits per heavy atom. The molecule has 1 atom stereocenters. The van der Waals surface area contributed by atoms with Crippen molar-refractivity contribution in [3.8, 4) is 22.3 Å². The fraction of sp³-hybridized carbons (Fsp3) is 0.213. The maximum absolute atomic E-state index is 6.69. The van der Waals surface area contributed by atoms with Crippen LogP contribution in [0.3, 0.4) is 0 Å².